The molecule has 2 rings (SSSR count). The van der Waals surface area contributed by atoms with Crippen LogP contribution in [-0.4, -0.2) is 21.3 Å². The molecule has 22 heavy (non-hydrogen) atoms. The quantitative estimate of drug-likeness (QED) is 0.810. The average molecular weight is 366 g/mol. The van der Waals surface area contributed by atoms with Crippen molar-refractivity contribution in [2.24, 2.45) is 0 Å². The van der Waals surface area contributed by atoms with Crippen LogP contribution in [0.15, 0.2) is 40.9 Å². The number of hydrogen-bond donors (Lipinski definition) is 1. The number of hydrogen-bond acceptors (Lipinski definition) is 4. The van der Waals surface area contributed by atoms with E-state index < -0.39 is 0 Å². The van der Waals surface area contributed by atoms with Crippen molar-refractivity contribution >= 4 is 15.9 Å². The lowest BCUT2D eigenvalue weighted by Crippen LogP contribution is -2.13. The Morgan fingerprint density at radius 2 is 1.50 bits per heavy atom. The minimum absolute atomic E-state index is 0.618. The Morgan fingerprint density at radius 1 is 0.818 bits per heavy atom. The first-order valence-corrected chi connectivity index (χ1v) is 7.72. The highest BCUT2D eigenvalue weighted by atomic mass is 79.9. The minimum atomic E-state index is 0.618. The molecule has 2 aromatic rings. The Balaban J connectivity index is 2.07. The molecule has 0 unspecified atom stereocenters. The molecule has 0 aliphatic rings. The van der Waals surface area contributed by atoms with E-state index in [1.165, 1.54) is 5.56 Å². The van der Waals surface area contributed by atoms with Gasteiger partial charge in [0.25, 0.3) is 0 Å². The van der Waals surface area contributed by atoms with Crippen LogP contribution in [0.3, 0.4) is 0 Å². The maximum absolute atomic E-state index is 5.48. The van der Waals surface area contributed by atoms with Gasteiger partial charge in [0.2, 0.25) is 5.75 Å². The zero-order chi connectivity index (χ0) is 15.9. The van der Waals surface area contributed by atoms with Crippen molar-refractivity contribution in [1.82, 2.24) is 5.32 Å². The van der Waals surface area contributed by atoms with E-state index in [-0.39, 0.29) is 0 Å². The molecule has 0 atom stereocenters. The van der Waals surface area contributed by atoms with Crippen LogP contribution in [0.2, 0.25) is 0 Å². The standard InChI is InChI=1S/C17H20BrNO3/c1-20-15-9-6-13(16(21-2)17(15)22-3)11-19-10-12-4-7-14(18)8-5-12/h4-9,19H,10-11H2,1-3H3. The Kier molecular flexibility index (Phi) is 6.10. The van der Waals surface area contributed by atoms with Crippen LogP contribution in [0.5, 0.6) is 17.2 Å². The van der Waals surface area contributed by atoms with Crippen molar-refractivity contribution in [3.8, 4) is 17.2 Å². The highest BCUT2D eigenvalue weighted by Gasteiger charge is 2.15. The molecule has 2 aromatic carbocycles. The first-order valence-electron chi connectivity index (χ1n) is 6.92. The Hall–Kier alpha value is -1.72. The van der Waals surface area contributed by atoms with Gasteiger partial charge in [-0.2, -0.15) is 0 Å². The van der Waals surface area contributed by atoms with Crippen LogP contribution in [0.1, 0.15) is 11.1 Å². The van der Waals surface area contributed by atoms with E-state index in [0.29, 0.717) is 23.8 Å². The summed E-state index contributed by atoms with van der Waals surface area (Å²) in [6.07, 6.45) is 0. The van der Waals surface area contributed by atoms with Gasteiger partial charge in [-0.1, -0.05) is 34.1 Å². The Bertz CT molecular complexity index is 614. The highest BCUT2D eigenvalue weighted by Crippen LogP contribution is 2.39. The molecule has 0 aliphatic heterocycles. The topological polar surface area (TPSA) is 39.7 Å². The fourth-order valence-electron chi connectivity index (χ4n) is 2.25. The molecule has 0 amide bonds. The number of nitrogens with one attached hydrogen (secondary N) is 1. The number of halogens is 1. The normalized spacial score (nSPS) is 10.4. The van der Waals surface area contributed by atoms with Crippen molar-refractivity contribution in [2.75, 3.05) is 21.3 Å². The third kappa shape index (κ3) is 3.93. The van der Waals surface area contributed by atoms with E-state index in [1.54, 1.807) is 21.3 Å². The summed E-state index contributed by atoms with van der Waals surface area (Å²) in [7, 11) is 4.86. The van der Waals surface area contributed by atoms with Crippen LogP contribution in [0.25, 0.3) is 0 Å². The molecule has 0 radical (unpaired) electrons. The van der Waals surface area contributed by atoms with E-state index in [9.17, 15) is 0 Å². The second kappa shape index (κ2) is 8.06. The Morgan fingerprint density at radius 3 is 2.09 bits per heavy atom. The van der Waals surface area contributed by atoms with Crippen molar-refractivity contribution in [3.05, 3.63) is 52.0 Å². The summed E-state index contributed by atoms with van der Waals surface area (Å²) in [4.78, 5) is 0. The number of rotatable bonds is 7. The second-order valence-electron chi connectivity index (χ2n) is 4.72. The summed E-state index contributed by atoms with van der Waals surface area (Å²) >= 11 is 3.44. The molecule has 5 heteroatoms. The van der Waals surface area contributed by atoms with Gasteiger partial charge in [0.05, 0.1) is 21.3 Å². The van der Waals surface area contributed by atoms with E-state index in [4.69, 9.17) is 14.2 Å². The van der Waals surface area contributed by atoms with Gasteiger partial charge in [0, 0.05) is 23.1 Å². The summed E-state index contributed by atoms with van der Waals surface area (Å²) in [6.45, 7) is 1.46. The lowest BCUT2D eigenvalue weighted by Gasteiger charge is -2.16. The summed E-state index contributed by atoms with van der Waals surface area (Å²) in [5, 5.41) is 3.41. The first kappa shape index (κ1) is 16.6. The smallest absolute Gasteiger partial charge is 0.203 e. The van der Waals surface area contributed by atoms with E-state index in [0.717, 1.165) is 16.6 Å². The SMILES string of the molecule is COc1ccc(CNCc2ccc(Br)cc2)c(OC)c1OC. The van der Waals surface area contributed by atoms with Crippen LogP contribution >= 0.6 is 15.9 Å². The van der Waals surface area contributed by atoms with Crippen molar-refractivity contribution in [1.29, 1.82) is 0 Å². The van der Waals surface area contributed by atoms with Gasteiger partial charge < -0.3 is 19.5 Å². The monoisotopic (exact) mass is 365 g/mol. The van der Waals surface area contributed by atoms with Crippen LogP contribution in [0.4, 0.5) is 0 Å². The summed E-state index contributed by atoms with van der Waals surface area (Å²) in [5.74, 6) is 1.98. The van der Waals surface area contributed by atoms with Crippen LogP contribution in [0, 0.1) is 0 Å². The molecule has 0 fully saturated rings. The molecule has 0 aliphatic carbocycles. The molecule has 0 heterocycles. The van der Waals surface area contributed by atoms with Crippen molar-refractivity contribution in [3.63, 3.8) is 0 Å². The second-order valence-corrected chi connectivity index (χ2v) is 5.64. The van der Waals surface area contributed by atoms with Gasteiger partial charge in [0.1, 0.15) is 0 Å². The first-order chi connectivity index (χ1) is 10.7. The van der Waals surface area contributed by atoms with Gasteiger partial charge in [-0.05, 0) is 23.8 Å². The van der Waals surface area contributed by atoms with Crippen LogP contribution < -0.4 is 19.5 Å². The van der Waals surface area contributed by atoms with E-state index in [1.807, 2.05) is 24.3 Å². The van der Waals surface area contributed by atoms with Gasteiger partial charge in [0.15, 0.2) is 11.5 Å². The zero-order valence-corrected chi connectivity index (χ0v) is 14.6. The maximum atomic E-state index is 5.48. The number of benzene rings is 2. The van der Waals surface area contributed by atoms with E-state index >= 15 is 0 Å². The predicted octanol–water partition coefficient (Wildman–Crippen LogP) is 3.76. The molecule has 0 saturated heterocycles. The number of methoxy groups -OCH3 is 3. The summed E-state index contributed by atoms with van der Waals surface area (Å²) in [6, 6.07) is 12.1. The fourth-order valence-corrected chi connectivity index (χ4v) is 2.51. The Labute approximate surface area is 139 Å². The predicted molar refractivity (Wildman–Crippen MR) is 90.8 cm³/mol. The van der Waals surface area contributed by atoms with E-state index in [2.05, 4.69) is 33.4 Å². The van der Waals surface area contributed by atoms with Crippen molar-refractivity contribution in [2.45, 2.75) is 13.1 Å². The highest BCUT2D eigenvalue weighted by molar-refractivity contribution is 9.10. The van der Waals surface area contributed by atoms with Gasteiger partial charge >= 0.3 is 0 Å². The lowest BCUT2D eigenvalue weighted by molar-refractivity contribution is 0.321. The largest absolute Gasteiger partial charge is 0.493 e. The maximum Gasteiger partial charge on any atom is 0.203 e. The summed E-state index contributed by atoms with van der Waals surface area (Å²) in [5.41, 5.74) is 2.25. The van der Waals surface area contributed by atoms with Crippen molar-refractivity contribution < 1.29 is 14.2 Å². The average Bonchev–Trinajstić information content (AvgIpc) is 2.55. The molecular weight excluding hydrogens is 346 g/mol. The molecule has 0 spiro atoms. The van der Waals surface area contributed by atoms with Crippen LogP contribution in [-0.2, 0) is 13.1 Å². The molecular formula is C17H20BrNO3. The van der Waals surface area contributed by atoms with Gasteiger partial charge in [-0.25, -0.2) is 0 Å². The molecule has 0 bridgehead atoms. The lowest BCUT2D eigenvalue weighted by atomic mass is 10.1. The third-order valence-electron chi connectivity index (χ3n) is 3.34. The molecule has 118 valence electrons. The fraction of sp³-hybridized carbons (Fsp3) is 0.294. The van der Waals surface area contributed by atoms with Gasteiger partial charge in [-0.3, -0.25) is 0 Å². The minimum Gasteiger partial charge on any atom is -0.493 e. The van der Waals surface area contributed by atoms with Gasteiger partial charge in [-0.15, -0.1) is 0 Å². The molecule has 1 N–H and O–H groups in total. The molecule has 0 saturated carbocycles. The third-order valence-corrected chi connectivity index (χ3v) is 3.87. The zero-order valence-electron chi connectivity index (χ0n) is 13.0. The summed E-state index contributed by atoms with van der Waals surface area (Å²) < 4.78 is 17.2. The molecule has 4 nitrogen and oxygen atoms in total. The number of ether oxygens (including phenoxy) is 3. The molecule has 0 aromatic heterocycles.